The SMILES string of the molecule is O=C(CCCn1cnnn1)N1CC[C@]2(CCCN(CCC3CCCCC3)C2=O)C1. The Bertz CT molecular complexity index is 687. The first kappa shape index (κ1) is 20.3. The van der Waals surface area contributed by atoms with Crippen molar-refractivity contribution in [2.75, 3.05) is 26.2 Å². The van der Waals surface area contributed by atoms with E-state index in [0.717, 1.165) is 51.1 Å². The molecule has 0 radical (unpaired) electrons. The maximum atomic E-state index is 13.3. The number of carbonyl (C=O) groups excluding carboxylic acids is 2. The average Bonchev–Trinajstić information content (AvgIpc) is 3.41. The zero-order chi connectivity index (χ0) is 20.1. The van der Waals surface area contributed by atoms with Gasteiger partial charge in [0.05, 0.1) is 5.41 Å². The third kappa shape index (κ3) is 4.78. The number of aryl methyl sites for hydroxylation is 1. The summed E-state index contributed by atoms with van der Waals surface area (Å²) in [5.41, 5.74) is -0.323. The smallest absolute Gasteiger partial charge is 0.230 e. The lowest BCUT2D eigenvalue weighted by molar-refractivity contribution is -0.146. The minimum absolute atomic E-state index is 0.155. The second kappa shape index (κ2) is 9.22. The first-order valence-electron chi connectivity index (χ1n) is 11.4. The Morgan fingerprint density at radius 3 is 2.76 bits per heavy atom. The summed E-state index contributed by atoms with van der Waals surface area (Å²) < 4.78 is 1.65. The van der Waals surface area contributed by atoms with Gasteiger partial charge >= 0.3 is 0 Å². The Kier molecular flexibility index (Phi) is 6.45. The third-order valence-corrected chi connectivity index (χ3v) is 7.23. The normalized spacial score (nSPS) is 25.9. The van der Waals surface area contributed by atoms with Gasteiger partial charge in [-0.05, 0) is 48.4 Å². The molecule has 1 spiro atoms. The van der Waals surface area contributed by atoms with Crippen LogP contribution in [0.4, 0.5) is 0 Å². The van der Waals surface area contributed by atoms with Gasteiger partial charge in [-0.25, -0.2) is 4.68 Å². The highest BCUT2D eigenvalue weighted by atomic mass is 16.2. The van der Waals surface area contributed by atoms with Crippen LogP contribution < -0.4 is 0 Å². The number of amides is 2. The standard InChI is InChI=1S/C21H34N6O2/c28-19(8-4-13-27-17-22-23-24-27)26-15-11-21(16-26)10-5-12-25(20(21)29)14-9-18-6-2-1-3-7-18/h17-18H,1-16H2/t21-/m1/s1. The summed E-state index contributed by atoms with van der Waals surface area (Å²) in [4.78, 5) is 30.0. The maximum Gasteiger partial charge on any atom is 0.230 e. The van der Waals surface area contributed by atoms with E-state index < -0.39 is 0 Å². The summed E-state index contributed by atoms with van der Waals surface area (Å²) in [5, 5.41) is 11.0. The van der Waals surface area contributed by atoms with Crippen molar-refractivity contribution >= 4 is 11.8 Å². The van der Waals surface area contributed by atoms with Crippen LogP contribution in [0.25, 0.3) is 0 Å². The molecule has 29 heavy (non-hydrogen) atoms. The van der Waals surface area contributed by atoms with Crippen LogP contribution in [0.2, 0.25) is 0 Å². The molecule has 8 nitrogen and oxygen atoms in total. The van der Waals surface area contributed by atoms with Gasteiger partial charge in [0.1, 0.15) is 6.33 Å². The number of hydrogen-bond donors (Lipinski definition) is 0. The van der Waals surface area contributed by atoms with E-state index in [0.29, 0.717) is 32.0 Å². The van der Waals surface area contributed by atoms with Crippen LogP contribution in [-0.2, 0) is 16.1 Å². The first-order valence-corrected chi connectivity index (χ1v) is 11.4. The predicted molar refractivity (Wildman–Crippen MR) is 108 cm³/mol. The van der Waals surface area contributed by atoms with Crippen molar-refractivity contribution in [2.24, 2.45) is 11.3 Å². The second-order valence-electron chi connectivity index (χ2n) is 9.21. The fraction of sp³-hybridized carbons (Fsp3) is 0.857. The van der Waals surface area contributed by atoms with Gasteiger partial charge in [0, 0.05) is 39.1 Å². The quantitative estimate of drug-likeness (QED) is 0.698. The third-order valence-electron chi connectivity index (χ3n) is 7.23. The number of nitrogens with zero attached hydrogens (tertiary/aromatic N) is 6. The second-order valence-corrected chi connectivity index (χ2v) is 9.21. The molecular weight excluding hydrogens is 368 g/mol. The van der Waals surface area contributed by atoms with Crippen LogP contribution in [0.3, 0.4) is 0 Å². The van der Waals surface area contributed by atoms with Crippen molar-refractivity contribution in [3.8, 4) is 0 Å². The highest BCUT2D eigenvalue weighted by Gasteiger charge is 2.49. The van der Waals surface area contributed by atoms with Crippen LogP contribution in [0.5, 0.6) is 0 Å². The van der Waals surface area contributed by atoms with E-state index in [1.54, 1.807) is 11.0 Å². The molecule has 2 aliphatic heterocycles. The highest BCUT2D eigenvalue weighted by Crippen LogP contribution is 2.40. The molecular formula is C21H34N6O2. The lowest BCUT2D eigenvalue weighted by Crippen LogP contribution is -2.50. The summed E-state index contributed by atoms with van der Waals surface area (Å²) in [6, 6.07) is 0. The molecule has 3 fully saturated rings. The minimum atomic E-state index is -0.323. The maximum absolute atomic E-state index is 13.3. The van der Waals surface area contributed by atoms with Gasteiger partial charge in [-0.1, -0.05) is 32.1 Å². The van der Waals surface area contributed by atoms with Crippen LogP contribution >= 0.6 is 0 Å². The van der Waals surface area contributed by atoms with Gasteiger partial charge in [0.15, 0.2) is 0 Å². The first-order chi connectivity index (χ1) is 14.2. The van der Waals surface area contributed by atoms with Gasteiger partial charge in [-0.15, -0.1) is 5.10 Å². The molecule has 4 rings (SSSR count). The molecule has 3 aliphatic rings. The fourth-order valence-corrected chi connectivity index (χ4v) is 5.48. The number of aromatic nitrogens is 4. The zero-order valence-electron chi connectivity index (χ0n) is 17.5. The van der Waals surface area contributed by atoms with Crippen LogP contribution in [0, 0.1) is 11.3 Å². The summed E-state index contributed by atoms with van der Waals surface area (Å²) in [6.07, 6.45) is 13.5. The van der Waals surface area contributed by atoms with Gasteiger partial charge in [-0.2, -0.15) is 0 Å². The van der Waals surface area contributed by atoms with Gasteiger partial charge in [0.25, 0.3) is 0 Å². The Morgan fingerprint density at radius 2 is 1.97 bits per heavy atom. The van der Waals surface area contributed by atoms with Gasteiger partial charge < -0.3 is 9.80 Å². The predicted octanol–water partition coefficient (Wildman–Crippen LogP) is 2.26. The van der Waals surface area contributed by atoms with E-state index in [9.17, 15) is 9.59 Å². The molecule has 2 amide bonds. The lowest BCUT2D eigenvalue weighted by Gasteiger charge is -2.40. The fourth-order valence-electron chi connectivity index (χ4n) is 5.48. The largest absolute Gasteiger partial charge is 0.342 e. The number of carbonyl (C=O) groups is 2. The molecule has 0 unspecified atom stereocenters. The lowest BCUT2D eigenvalue weighted by atomic mass is 9.78. The van der Waals surface area contributed by atoms with Crippen molar-refractivity contribution in [3.05, 3.63) is 6.33 Å². The Hall–Kier alpha value is -1.99. The molecule has 0 bridgehead atoms. The molecule has 1 aliphatic carbocycles. The average molecular weight is 403 g/mol. The van der Waals surface area contributed by atoms with Gasteiger partial charge in [0.2, 0.25) is 11.8 Å². The molecule has 3 heterocycles. The molecule has 160 valence electrons. The monoisotopic (exact) mass is 402 g/mol. The van der Waals surface area contributed by atoms with Crippen molar-refractivity contribution < 1.29 is 9.59 Å². The number of tetrazole rings is 1. The molecule has 8 heteroatoms. The summed E-state index contributed by atoms with van der Waals surface area (Å²) >= 11 is 0. The summed E-state index contributed by atoms with van der Waals surface area (Å²) in [6.45, 7) is 3.77. The van der Waals surface area contributed by atoms with Crippen LogP contribution in [0.1, 0.15) is 70.6 Å². The molecule has 1 saturated carbocycles. The van der Waals surface area contributed by atoms with Crippen LogP contribution in [-0.4, -0.2) is 68.0 Å². The van der Waals surface area contributed by atoms with Crippen molar-refractivity contribution in [1.29, 1.82) is 0 Å². The van der Waals surface area contributed by atoms with Gasteiger partial charge in [-0.3, -0.25) is 9.59 Å². The number of piperidine rings is 1. The molecule has 1 aromatic heterocycles. The topological polar surface area (TPSA) is 84.2 Å². The summed E-state index contributed by atoms with van der Waals surface area (Å²) in [7, 11) is 0. The van der Waals surface area contributed by atoms with E-state index in [4.69, 9.17) is 0 Å². The van der Waals surface area contributed by atoms with Crippen LogP contribution in [0.15, 0.2) is 6.33 Å². The van der Waals surface area contributed by atoms with E-state index >= 15 is 0 Å². The Labute approximate surface area is 173 Å². The Balaban J connectivity index is 1.26. The summed E-state index contributed by atoms with van der Waals surface area (Å²) in [5.74, 6) is 1.27. The molecule has 1 aromatic rings. The minimum Gasteiger partial charge on any atom is -0.342 e. The van der Waals surface area contributed by atoms with Crippen molar-refractivity contribution in [3.63, 3.8) is 0 Å². The zero-order valence-corrected chi connectivity index (χ0v) is 17.5. The van der Waals surface area contributed by atoms with E-state index in [2.05, 4.69) is 20.4 Å². The van der Waals surface area contributed by atoms with Crippen molar-refractivity contribution in [1.82, 2.24) is 30.0 Å². The number of likely N-dealkylation sites (tertiary alicyclic amines) is 2. The van der Waals surface area contributed by atoms with E-state index in [1.165, 1.54) is 32.1 Å². The molecule has 2 saturated heterocycles. The van der Waals surface area contributed by atoms with E-state index in [-0.39, 0.29) is 11.3 Å². The molecule has 1 atom stereocenters. The van der Waals surface area contributed by atoms with Crippen molar-refractivity contribution in [2.45, 2.75) is 77.2 Å². The molecule has 0 N–H and O–H groups in total. The number of rotatable bonds is 7. The number of hydrogen-bond acceptors (Lipinski definition) is 5. The highest BCUT2D eigenvalue weighted by molar-refractivity contribution is 5.86. The molecule has 0 aromatic carbocycles. The Morgan fingerprint density at radius 1 is 1.10 bits per heavy atom. The van der Waals surface area contributed by atoms with E-state index in [1.807, 2.05) is 4.90 Å².